The van der Waals surface area contributed by atoms with Crippen molar-refractivity contribution in [3.63, 3.8) is 0 Å². The number of anilines is 1. The number of methoxy groups -OCH3 is 1. The molecular formula is C15H22N2O2. The Labute approximate surface area is 114 Å². The molecule has 19 heavy (non-hydrogen) atoms. The van der Waals surface area contributed by atoms with Gasteiger partial charge < -0.3 is 15.4 Å². The minimum absolute atomic E-state index is 0.0417. The lowest BCUT2D eigenvalue weighted by atomic mass is 9.85. The highest BCUT2D eigenvalue weighted by Gasteiger charge is 2.23. The molecule has 0 aliphatic heterocycles. The lowest BCUT2D eigenvalue weighted by Gasteiger charge is -2.32. The van der Waals surface area contributed by atoms with Gasteiger partial charge in [0.1, 0.15) is 5.75 Å². The lowest BCUT2D eigenvalue weighted by molar-refractivity contribution is 0.0706. The zero-order chi connectivity index (χ0) is 13.8. The van der Waals surface area contributed by atoms with Crippen LogP contribution < -0.4 is 10.5 Å². The van der Waals surface area contributed by atoms with Crippen LogP contribution in [-0.2, 0) is 0 Å². The standard InChI is InChI=1S/C15H22N2O2/c1-3-17(10-11-5-4-6-11)15(18)12-7-13(16)9-14(8-12)19-2/h7-9,11H,3-6,10,16H2,1-2H3. The summed E-state index contributed by atoms with van der Waals surface area (Å²) in [4.78, 5) is 14.4. The van der Waals surface area contributed by atoms with Crippen molar-refractivity contribution in [2.24, 2.45) is 5.92 Å². The van der Waals surface area contributed by atoms with Gasteiger partial charge in [-0.1, -0.05) is 6.42 Å². The highest BCUT2D eigenvalue weighted by atomic mass is 16.5. The predicted molar refractivity (Wildman–Crippen MR) is 76.3 cm³/mol. The molecule has 0 spiro atoms. The molecule has 0 radical (unpaired) electrons. The Morgan fingerprint density at radius 2 is 2.16 bits per heavy atom. The Morgan fingerprint density at radius 1 is 1.42 bits per heavy atom. The quantitative estimate of drug-likeness (QED) is 0.830. The van der Waals surface area contributed by atoms with Crippen LogP contribution in [-0.4, -0.2) is 31.0 Å². The van der Waals surface area contributed by atoms with E-state index in [4.69, 9.17) is 10.5 Å². The molecule has 1 aliphatic carbocycles. The maximum absolute atomic E-state index is 12.5. The summed E-state index contributed by atoms with van der Waals surface area (Å²) in [7, 11) is 1.58. The Kier molecular flexibility index (Phi) is 4.30. The van der Waals surface area contributed by atoms with Crippen LogP contribution >= 0.6 is 0 Å². The zero-order valence-corrected chi connectivity index (χ0v) is 11.7. The Hall–Kier alpha value is -1.71. The SMILES string of the molecule is CCN(CC1CCC1)C(=O)c1cc(N)cc(OC)c1. The van der Waals surface area contributed by atoms with E-state index in [2.05, 4.69) is 0 Å². The van der Waals surface area contributed by atoms with E-state index in [0.717, 1.165) is 13.1 Å². The highest BCUT2D eigenvalue weighted by Crippen LogP contribution is 2.28. The molecule has 1 aliphatic rings. The predicted octanol–water partition coefficient (Wildman–Crippen LogP) is 2.54. The van der Waals surface area contributed by atoms with Crippen LogP contribution in [0.4, 0.5) is 5.69 Å². The van der Waals surface area contributed by atoms with Crippen molar-refractivity contribution in [3.8, 4) is 5.75 Å². The van der Waals surface area contributed by atoms with E-state index in [9.17, 15) is 4.79 Å². The topological polar surface area (TPSA) is 55.6 Å². The molecular weight excluding hydrogens is 240 g/mol. The third-order valence-electron chi connectivity index (χ3n) is 3.78. The molecule has 0 bridgehead atoms. The second-order valence-corrected chi connectivity index (χ2v) is 5.14. The van der Waals surface area contributed by atoms with Gasteiger partial charge in [0.05, 0.1) is 7.11 Å². The summed E-state index contributed by atoms with van der Waals surface area (Å²) in [6.45, 7) is 3.60. The highest BCUT2D eigenvalue weighted by molar-refractivity contribution is 5.95. The van der Waals surface area contributed by atoms with Crippen LogP contribution in [0.2, 0.25) is 0 Å². The van der Waals surface area contributed by atoms with E-state index in [1.165, 1.54) is 19.3 Å². The molecule has 4 nitrogen and oxygen atoms in total. The molecule has 2 N–H and O–H groups in total. The fourth-order valence-electron chi connectivity index (χ4n) is 2.39. The summed E-state index contributed by atoms with van der Waals surface area (Å²) in [5, 5.41) is 0. The summed E-state index contributed by atoms with van der Waals surface area (Å²) < 4.78 is 5.16. The van der Waals surface area contributed by atoms with Crippen molar-refractivity contribution in [1.29, 1.82) is 0 Å². The van der Waals surface area contributed by atoms with Crippen LogP contribution in [0.5, 0.6) is 5.75 Å². The minimum atomic E-state index is 0.0417. The number of nitrogens with two attached hydrogens (primary N) is 1. The second-order valence-electron chi connectivity index (χ2n) is 5.14. The van der Waals surface area contributed by atoms with Gasteiger partial charge >= 0.3 is 0 Å². The van der Waals surface area contributed by atoms with E-state index in [1.54, 1.807) is 25.3 Å². The Balaban J connectivity index is 2.13. The Bertz CT molecular complexity index is 455. The van der Waals surface area contributed by atoms with Crippen molar-refractivity contribution in [2.75, 3.05) is 25.9 Å². The molecule has 0 saturated heterocycles. The number of nitrogen functional groups attached to an aromatic ring is 1. The van der Waals surface area contributed by atoms with Crippen LogP contribution in [0.1, 0.15) is 36.5 Å². The number of rotatable bonds is 5. The number of hydrogen-bond donors (Lipinski definition) is 1. The maximum Gasteiger partial charge on any atom is 0.254 e. The smallest absolute Gasteiger partial charge is 0.254 e. The number of carbonyl (C=O) groups excluding carboxylic acids is 1. The maximum atomic E-state index is 12.5. The lowest BCUT2D eigenvalue weighted by Crippen LogP contribution is -2.37. The first-order chi connectivity index (χ1) is 9.13. The van der Waals surface area contributed by atoms with Crippen molar-refractivity contribution in [2.45, 2.75) is 26.2 Å². The molecule has 0 aromatic heterocycles. The van der Waals surface area contributed by atoms with Gasteiger partial charge in [0.2, 0.25) is 0 Å². The van der Waals surface area contributed by atoms with Crippen LogP contribution in [0.15, 0.2) is 18.2 Å². The van der Waals surface area contributed by atoms with Gasteiger partial charge in [0.25, 0.3) is 5.91 Å². The number of benzene rings is 1. The average molecular weight is 262 g/mol. The second kappa shape index (κ2) is 5.95. The molecule has 0 heterocycles. The van der Waals surface area contributed by atoms with E-state index in [-0.39, 0.29) is 5.91 Å². The van der Waals surface area contributed by atoms with Crippen molar-refractivity contribution in [3.05, 3.63) is 23.8 Å². The third-order valence-corrected chi connectivity index (χ3v) is 3.78. The number of amides is 1. The van der Waals surface area contributed by atoms with Crippen molar-refractivity contribution >= 4 is 11.6 Å². The van der Waals surface area contributed by atoms with Gasteiger partial charge in [-0.25, -0.2) is 0 Å². The molecule has 4 heteroatoms. The fourth-order valence-corrected chi connectivity index (χ4v) is 2.39. The van der Waals surface area contributed by atoms with Crippen molar-refractivity contribution in [1.82, 2.24) is 4.90 Å². The average Bonchev–Trinajstić information content (AvgIpc) is 2.36. The first-order valence-corrected chi connectivity index (χ1v) is 6.88. The van der Waals surface area contributed by atoms with E-state index in [1.807, 2.05) is 11.8 Å². The normalized spacial score (nSPS) is 14.8. The van der Waals surface area contributed by atoms with Gasteiger partial charge in [-0.15, -0.1) is 0 Å². The number of carbonyl (C=O) groups is 1. The zero-order valence-electron chi connectivity index (χ0n) is 11.7. The van der Waals surface area contributed by atoms with Crippen LogP contribution in [0.3, 0.4) is 0 Å². The summed E-state index contributed by atoms with van der Waals surface area (Å²) in [6.07, 6.45) is 3.77. The molecule has 104 valence electrons. The first kappa shape index (κ1) is 13.7. The van der Waals surface area contributed by atoms with Gasteiger partial charge in [-0.2, -0.15) is 0 Å². The molecule has 1 aromatic rings. The molecule has 1 aromatic carbocycles. The largest absolute Gasteiger partial charge is 0.497 e. The number of nitrogens with zero attached hydrogens (tertiary/aromatic N) is 1. The summed E-state index contributed by atoms with van der Waals surface area (Å²) in [5.41, 5.74) is 6.97. The molecule has 1 fully saturated rings. The summed E-state index contributed by atoms with van der Waals surface area (Å²) in [6, 6.07) is 5.19. The van der Waals surface area contributed by atoms with Crippen molar-refractivity contribution < 1.29 is 9.53 Å². The number of hydrogen-bond acceptors (Lipinski definition) is 3. The van der Waals surface area contributed by atoms with E-state index in [0.29, 0.717) is 22.9 Å². The van der Waals surface area contributed by atoms with Crippen LogP contribution in [0.25, 0.3) is 0 Å². The monoisotopic (exact) mass is 262 g/mol. The van der Waals surface area contributed by atoms with E-state index >= 15 is 0 Å². The summed E-state index contributed by atoms with van der Waals surface area (Å²) >= 11 is 0. The minimum Gasteiger partial charge on any atom is -0.497 e. The van der Waals surface area contributed by atoms with Gasteiger partial charge in [0.15, 0.2) is 0 Å². The van der Waals surface area contributed by atoms with Gasteiger partial charge in [-0.05, 0) is 37.8 Å². The molecule has 2 rings (SSSR count). The molecule has 1 saturated carbocycles. The third kappa shape index (κ3) is 3.19. The molecule has 0 unspecified atom stereocenters. The van der Waals surface area contributed by atoms with E-state index < -0.39 is 0 Å². The van der Waals surface area contributed by atoms with Gasteiger partial charge in [-0.3, -0.25) is 4.79 Å². The van der Waals surface area contributed by atoms with Crippen LogP contribution in [0, 0.1) is 5.92 Å². The van der Waals surface area contributed by atoms with Gasteiger partial charge in [0, 0.05) is 30.4 Å². The molecule has 1 amide bonds. The fraction of sp³-hybridized carbons (Fsp3) is 0.533. The number of ether oxygens (including phenoxy) is 1. The molecule has 0 atom stereocenters. The first-order valence-electron chi connectivity index (χ1n) is 6.88. The Morgan fingerprint density at radius 3 is 2.68 bits per heavy atom. The summed E-state index contributed by atoms with van der Waals surface area (Å²) in [5.74, 6) is 1.34.